The molecule has 0 aromatic heterocycles. The minimum atomic E-state index is -4.73. The number of benzene rings is 2. The number of rotatable bonds is 3. The lowest BCUT2D eigenvalue weighted by Gasteiger charge is -2.13. The third-order valence-corrected chi connectivity index (χ3v) is 5.08. The highest BCUT2D eigenvalue weighted by atomic mass is 79.9. The van der Waals surface area contributed by atoms with E-state index < -0.39 is 37.5 Å². The molecule has 0 fully saturated rings. The van der Waals surface area contributed by atoms with E-state index in [1.807, 2.05) is 4.72 Å². The van der Waals surface area contributed by atoms with E-state index in [1.54, 1.807) is 0 Å². The Hall–Kier alpha value is -1.32. The predicted octanol–water partition coefficient (Wildman–Crippen LogP) is 5.06. The summed E-state index contributed by atoms with van der Waals surface area (Å²) in [5.74, 6) is -0.819. The van der Waals surface area contributed by atoms with Crippen LogP contribution in [0, 0.1) is 5.82 Å². The highest BCUT2D eigenvalue weighted by Crippen LogP contribution is 2.36. The maximum atomic E-state index is 13.4. The third kappa shape index (κ3) is 4.15. The fraction of sp³-hybridized carbons (Fsp3) is 0.0769. The van der Waals surface area contributed by atoms with Crippen molar-refractivity contribution in [2.45, 2.75) is 11.1 Å². The molecule has 0 aliphatic carbocycles. The molecule has 0 amide bonds. The molecule has 2 aromatic rings. The van der Waals surface area contributed by atoms with Crippen LogP contribution in [0.3, 0.4) is 0 Å². The quantitative estimate of drug-likeness (QED) is 0.689. The summed E-state index contributed by atoms with van der Waals surface area (Å²) in [4.78, 5) is -0.429. The van der Waals surface area contributed by atoms with Crippen molar-refractivity contribution in [1.29, 1.82) is 0 Å². The van der Waals surface area contributed by atoms with Gasteiger partial charge in [-0.1, -0.05) is 11.6 Å². The van der Waals surface area contributed by atoms with Crippen LogP contribution < -0.4 is 4.72 Å². The van der Waals surface area contributed by atoms with Gasteiger partial charge >= 0.3 is 6.18 Å². The SMILES string of the molecule is O=S(=O)(Nc1ccc(Cl)c(C(F)(F)F)c1)c1ccc(Br)c(F)c1. The third-order valence-electron chi connectivity index (χ3n) is 2.73. The van der Waals surface area contributed by atoms with E-state index in [-0.39, 0.29) is 10.2 Å². The van der Waals surface area contributed by atoms with Gasteiger partial charge in [0.2, 0.25) is 0 Å². The topological polar surface area (TPSA) is 46.2 Å². The van der Waals surface area contributed by atoms with E-state index >= 15 is 0 Å². The van der Waals surface area contributed by atoms with Crippen LogP contribution in [0.25, 0.3) is 0 Å². The maximum Gasteiger partial charge on any atom is 0.417 e. The number of sulfonamides is 1. The van der Waals surface area contributed by atoms with E-state index in [4.69, 9.17) is 11.6 Å². The van der Waals surface area contributed by atoms with Gasteiger partial charge in [0.05, 0.1) is 20.0 Å². The van der Waals surface area contributed by atoms with Crippen molar-refractivity contribution in [2.24, 2.45) is 0 Å². The zero-order valence-corrected chi connectivity index (χ0v) is 14.1. The van der Waals surface area contributed by atoms with Crippen molar-refractivity contribution in [3.63, 3.8) is 0 Å². The molecule has 0 radical (unpaired) electrons. The highest BCUT2D eigenvalue weighted by molar-refractivity contribution is 9.10. The van der Waals surface area contributed by atoms with Gasteiger partial charge in [0.25, 0.3) is 10.0 Å². The summed E-state index contributed by atoms with van der Waals surface area (Å²) in [5, 5.41) is -0.560. The molecule has 0 atom stereocenters. The second-order valence-electron chi connectivity index (χ2n) is 4.37. The average Bonchev–Trinajstić information content (AvgIpc) is 2.42. The van der Waals surface area contributed by atoms with Crippen LogP contribution in [0.1, 0.15) is 5.56 Å². The Kier molecular flexibility index (Phi) is 4.93. The summed E-state index contributed by atoms with van der Waals surface area (Å²) in [6, 6.07) is 5.58. The van der Waals surface area contributed by atoms with E-state index in [9.17, 15) is 26.0 Å². The molecule has 0 heterocycles. The van der Waals surface area contributed by atoms with Crippen molar-refractivity contribution in [3.05, 3.63) is 57.3 Å². The van der Waals surface area contributed by atoms with Gasteiger partial charge in [0.15, 0.2) is 0 Å². The lowest BCUT2D eigenvalue weighted by atomic mass is 10.2. The molecule has 124 valence electrons. The van der Waals surface area contributed by atoms with Gasteiger partial charge in [-0.3, -0.25) is 4.72 Å². The molecule has 2 rings (SSSR count). The van der Waals surface area contributed by atoms with Gasteiger partial charge < -0.3 is 0 Å². The van der Waals surface area contributed by atoms with Gasteiger partial charge in [-0.25, -0.2) is 12.8 Å². The van der Waals surface area contributed by atoms with Crippen LogP contribution in [0.15, 0.2) is 45.8 Å². The number of alkyl halides is 3. The van der Waals surface area contributed by atoms with Gasteiger partial charge in [-0.15, -0.1) is 0 Å². The first-order valence-electron chi connectivity index (χ1n) is 5.85. The molecule has 2 aromatic carbocycles. The molecule has 0 unspecified atom stereocenters. The number of nitrogens with one attached hydrogen (secondary N) is 1. The lowest BCUT2D eigenvalue weighted by Crippen LogP contribution is -2.14. The summed E-state index contributed by atoms with van der Waals surface area (Å²) >= 11 is 8.33. The van der Waals surface area contributed by atoms with Gasteiger partial charge in [0, 0.05) is 5.69 Å². The molecule has 23 heavy (non-hydrogen) atoms. The Balaban J connectivity index is 2.39. The summed E-state index contributed by atoms with van der Waals surface area (Å²) in [6.07, 6.45) is -4.73. The van der Waals surface area contributed by atoms with Crippen molar-refractivity contribution < 1.29 is 26.0 Å². The average molecular weight is 433 g/mol. The first kappa shape index (κ1) is 18.0. The van der Waals surface area contributed by atoms with Crippen LogP contribution >= 0.6 is 27.5 Å². The zero-order chi connectivity index (χ0) is 17.4. The van der Waals surface area contributed by atoms with Crippen LogP contribution in [-0.2, 0) is 16.2 Å². The van der Waals surface area contributed by atoms with Crippen molar-refractivity contribution in [1.82, 2.24) is 0 Å². The highest BCUT2D eigenvalue weighted by Gasteiger charge is 2.33. The van der Waals surface area contributed by atoms with E-state index in [0.717, 1.165) is 24.3 Å². The first-order valence-corrected chi connectivity index (χ1v) is 8.51. The maximum absolute atomic E-state index is 13.4. The Labute approximate surface area is 142 Å². The van der Waals surface area contributed by atoms with Crippen molar-refractivity contribution >= 4 is 43.2 Å². The fourth-order valence-corrected chi connectivity index (χ4v) is 3.20. The minimum absolute atomic E-state index is 0.0577. The van der Waals surface area contributed by atoms with Crippen LogP contribution in [-0.4, -0.2) is 8.42 Å². The van der Waals surface area contributed by atoms with Gasteiger partial charge in [-0.2, -0.15) is 13.2 Å². The molecule has 0 saturated heterocycles. The van der Waals surface area contributed by atoms with Crippen LogP contribution in [0.5, 0.6) is 0 Å². The second kappa shape index (κ2) is 6.29. The molecule has 10 heteroatoms. The molecule has 0 spiro atoms. The predicted molar refractivity (Wildman–Crippen MR) is 81.4 cm³/mol. The zero-order valence-electron chi connectivity index (χ0n) is 11.0. The summed E-state index contributed by atoms with van der Waals surface area (Å²) in [5.41, 5.74) is -1.52. The normalized spacial score (nSPS) is 12.3. The number of hydrogen-bond acceptors (Lipinski definition) is 2. The lowest BCUT2D eigenvalue weighted by molar-refractivity contribution is -0.137. The molecule has 1 N–H and O–H groups in total. The van der Waals surface area contributed by atoms with E-state index in [2.05, 4.69) is 15.9 Å². The van der Waals surface area contributed by atoms with Crippen molar-refractivity contribution in [3.8, 4) is 0 Å². The Morgan fingerprint density at radius 2 is 1.74 bits per heavy atom. The molecular weight excluding hydrogens is 426 g/mol. The Morgan fingerprint density at radius 1 is 1.09 bits per heavy atom. The molecule has 0 aliphatic rings. The summed E-state index contributed by atoms with van der Waals surface area (Å²) in [7, 11) is -4.25. The molecule has 3 nitrogen and oxygen atoms in total. The Bertz CT molecular complexity index is 856. The van der Waals surface area contributed by atoms with Gasteiger partial charge in [0.1, 0.15) is 5.82 Å². The Morgan fingerprint density at radius 3 is 2.30 bits per heavy atom. The monoisotopic (exact) mass is 431 g/mol. The molecule has 0 aliphatic heterocycles. The number of hydrogen-bond donors (Lipinski definition) is 1. The summed E-state index contributed by atoms with van der Waals surface area (Å²) in [6.45, 7) is 0. The van der Waals surface area contributed by atoms with E-state index in [1.165, 1.54) is 6.07 Å². The van der Waals surface area contributed by atoms with Crippen molar-refractivity contribution in [2.75, 3.05) is 4.72 Å². The molecule has 0 bridgehead atoms. The number of anilines is 1. The standard InChI is InChI=1S/C13H7BrClF4NO2S/c14-10-3-2-8(6-12(10)16)23(21,22)20-7-1-4-11(15)9(5-7)13(17,18)19/h1-6,20H. The first-order chi connectivity index (χ1) is 10.5. The number of halogens is 6. The van der Waals surface area contributed by atoms with Crippen LogP contribution in [0.4, 0.5) is 23.2 Å². The van der Waals surface area contributed by atoms with E-state index in [0.29, 0.717) is 6.07 Å². The smallest absolute Gasteiger partial charge is 0.280 e. The fourth-order valence-electron chi connectivity index (χ4n) is 1.66. The summed E-state index contributed by atoms with van der Waals surface area (Å²) < 4.78 is 77.9. The largest absolute Gasteiger partial charge is 0.417 e. The second-order valence-corrected chi connectivity index (χ2v) is 7.32. The van der Waals surface area contributed by atoms with Gasteiger partial charge in [-0.05, 0) is 52.3 Å². The molecular formula is C13H7BrClF4NO2S. The minimum Gasteiger partial charge on any atom is -0.280 e. The van der Waals surface area contributed by atoms with Crippen LogP contribution in [0.2, 0.25) is 5.02 Å². The molecule has 0 saturated carbocycles.